The summed E-state index contributed by atoms with van der Waals surface area (Å²) in [5.41, 5.74) is 1.82. The highest BCUT2D eigenvalue weighted by atomic mass is 16.4. The largest absolute Gasteiger partial charge is 0.480 e. The van der Waals surface area contributed by atoms with E-state index < -0.39 is 17.6 Å². The Morgan fingerprint density at radius 2 is 1.90 bits per heavy atom. The second kappa shape index (κ2) is 5.85. The minimum absolute atomic E-state index is 0.253. The Hall–Kier alpha value is -1.88. The van der Waals surface area contributed by atoms with E-state index in [1.807, 2.05) is 26.0 Å². The molecule has 2 N–H and O–H groups in total. The second-order valence-electron chi connectivity index (χ2n) is 6.03. The summed E-state index contributed by atoms with van der Waals surface area (Å²) in [5.74, 6) is -1.28. The Kier molecular flexibility index (Phi) is 4.32. The first-order valence-corrected chi connectivity index (χ1v) is 7.18. The number of rotatable bonds is 4. The van der Waals surface area contributed by atoms with Crippen molar-refractivity contribution in [1.82, 2.24) is 10.2 Å². The van der Waals surface area contributed by atoms with Gasteiger partial charge in [0.05, 0.1) is 5.54 Å². The molecule has 1 aliphatic heterocycles. The zero-order valence-electron chi connectivity index (χ0n) is 12.7. The van der Waals surface area contributed by atoms with Crippen LogP contribution in [0.2, 0.25) is 0 Å². The van der Waals surface area contributed by atoms with Crippen LogP contribution in [0.25, 0.3) is 0 Å². The van der Waals surface area contributed by atoms with Crippen LogP contribution in [0.1, 0.15) is 31.9 Å². The monoisotopic (exact) mass is 290 g/mol. The third-order valence-electron chi connectivity index (χ3n) is 4.19. The van der Waals surface area contributed by atoms with Crippen LogP contribution in [0, 0.1) is 0 Å². The number of carboxylic acids is 1. The van der Waals surface area contributed by atoms with Crippen molar-refractivity contribution in [3.63, 3.8) is 0 Å². The quantitative estimate of drug-likeness (QED) is 0.880. The number of carbonyl (C=O) groups excluding carboxylic acids is 1. The zero-order valence-corrected chi connectivity index (χ0v) is 12.7. The van der Waals surface area contributed by atoms with Crippen LogP contribution in [0.15, 0.2) is 24.3 Å². The van der Waals surface area contributed by atoms with E-state index >= 15 is 0 Å². The third-order valence-corrected chi connectivity index (χ3v) is 4.19. The molecular weight excluding hydrogens is 268 g/mol. The van der Waals surface area contributed by atoms with Crippen molar-refractivity contribution in [2.75, 3.05) is 6.54 Å². The number of aliphatic carboxylic acids is 1. The molecule has 2 rings (SSSR count). The molecule has 0 saturated heterocycles. The lowest BCUT2D eigenvalue weighted by Crippen LogP contribution is -2.58. The highest BCUT2D eigenvalue weighted by molar-refractivity contribution is 5.89. The van der Waals surface area contributed by atoms with Crippen LogP contribution in [-0.2, 0) is 22.6 Å². The van der Waals surface area contributed by atoms with Gasteiger partial charge in [0.25, 0.3) is 0 Å². The minimum Gasteiger partial charge on any atom is -0.480 e. The molecule has 0 spiro atoms. The Balaban J connectivity index is 2.10. The van der Waals surface area contributed by atoms with Crippen molar-refractivity contribution < 1.29 is 14.7 Å². The van der Waals surface area contributed by atoms with E-state index in [0.717, 1.165) is 13.0 Å². The number of hydrogen-bond acceptors (Lipinski definition) is 3. The van der Waals surface area contributed by atoms with E-state index in [-0.39, 0.29) is 5.91 Å². The highest BCUT2D eigenvalue weighted by Gasteiger charge is 2.37. The molecule has 1 heterocycles. The molecule has 1 amide bonds. The molecule has 0 fully saturated rings. The van der Waals surface area contributed by atoms with E-state index in [2.05, 4.69) is 22.3 Å². The fourth-order valence-corrected chi connectivity index (χ4v) is 2.55. The molecule has 0 saturated carbocycles. The summed E-state index contributed by atoms with van der Waals surface area (Å²) < 4.78 is 0. The lowest BCUT2D eigenvalue weighted by molar-refractivity contribution is -0.143. The third kappa shape index (κ3) is 3.24. The SMILES string of the molecule is CC(NC(=O)C(C)(C)N1CCc2ccccc2C1)C(=O)O. The zero-order chi connectivity index (χ0) is 15.6. The number of nitrogens with one attached hydrogen (secondary N) is 1. The van der Waals surface area contributed by atoms with Crippen LogP contribution in [-0.4, -0.2) is 40.0 Å². The van der Waals surface area contributed by atoms with Crippen LogP contribution >= 0.6 is 0 Å². The molecule has 114 valence electrons. The maximum absolute atomic E-state index is 12.4. The van der Waals surface area contributed by atoms with Gasteiger partial charge in [-0.3, -0.25) is 14.5 Å². The Morgan fingerprint density at radius 3 is 2.52 bits per heavy atom. The summed E-state index contributed by atoms with van der Waals surface area (Å²) in [7, 11) is 0. The summed E-state index contributed by atoms with van der Waals surface area (Å²) in [5, 5.41) is 11.5. The van der Waals surface area contributed by atoms with Gasteiger partial charge in [-0.05, 0) is 38.3 Å². The van der Waals surface area contributed by atoms with Gasteiger partial charge in [0.2, 0.25) is 5.91 Å². The number of carbonyl (C=O) groups is 2. The van der Waals surface area contributed by atoms with E-state index in [0.29, 0.717) is 6.54 Å². The average Bonchev–Trinajstić information content (AvgIpc) is 2.46. The first-order chi connectivity index (χ1) is 9.82. The molecule has 1 aliphatic rings. The Labute approximate surface area is 125 Å². The lowest BCUT2D eigenvalue weighted by Gasteiger charge is -2.40. The van der Waals surface area contributed by atoms with Crippen molar-refractivity contribution in [1.29, 1.82) is 0 Å². The number of amides is 1. The van der Waals surface area contributed by atoms with E-state index in [1.165, 1.54) is 18.1 Å². The van der Waals surface area contributed by atoms with Crippen molar-refractivity contribution in [3.05, 3.63) is 35.4 Å². The maximum atomic E-state index is 12.4. The molecule has 5 nitrogen and oxygen atoms in total. The number of hydrogen-bond donors (Lipinski definition) is 2. The van der Waals surface area contributed by atoms with Gasteiger partial charge in [-0.1, -0.05) is 24.3 Å². The number of nitrogens with zero attached hydrogens (tertiary/aromatic N) is 1. The van der Waals surface area contributed by atoms with Gasteiger partial charge in [0, 0.05) is 13.1 Å². The predicted octanol–water partition coefficient (Wildman–Crippen LogP) is 1.41. The predicted molar refractivity (Wildman–Crippen MR) is 79.9 cm³/mol. The first kappa shape index (κ1) is 15.5. The van der Waals surface area contributed by atoms with Crippen LogP contribution in [0.4, 0.5) is 0 Å². The number of benzene rings is 1. The smallest absolute Gasteiger partial charge is 0.325 e. The Morgan fingerprint density at radius 1 is 1.29 bits per heavy atom. The van der Waals surface area contributed by atoms with E-state index in [1.54, 1.807) is 0 Å². The summed E-state index contributed by atoms with van der Waals surface area (Å²) in [6.45, 7) is 6.65. The standard InChI is InChI=1S/C16H22N2O3/c1-11(14(19)20)17-15(21)16(2,3)18-9-8-12-6-4-5-7-13(12)10-18/h4-7,11H,8-10H2,1-3H3,(H,17,21)(H,19,20). The van der Waals surface area contributed by atoms with Gasteiger partial charge in [-0.25, -0.2) is 0 Å². The molecule has 0 aromatic heterocycles. The molecular formula is C16H22N2O3. The average molecular weight is 290 g/mol. The van der Waals surface area contributed by atoms with Crippen LogP contribution in [0.5, 0.6) is 0 Å². The molecule has 1 aromatic rings. The van der Waals surface area contributed by atoms with E-state index in [9.17, 15) is 9.59 Å². The fourth-order valence-electron chi connectivity index (χ4n) is 2.55. The summed E-state index contributed by atoms with van der Waals surface area (Å²) >= 11 is 0. The van der Waals surface area contributed by atoms with Crippen molar-refractivity contribution in [2.45, 2.75) is 45.3 Å². The van der Waals surface area contributed by atoms with Crippen molar-refractivity contribution in [2.24, 2.45) is 0 Å². The number of fused-ring (bicyclic) bond motifs is 1. The van der Waals surface area contributed by atoms with Gasteiger partial charge in [0.1, 0.15) is 6.04 Å². The van der Waals surface area contributed by atoms with Gasteiger partial charge >= 0.3 is 5.97 Å². The van der Waals surface area contributed by atoms with Gasteiger partial charge in [0.15, 0.2) is 0 Å². The highest BCUT2D eigenvalue weighted by Crippen LogP contribution is 2.25. The second-order valence-corrected chi connectivity index (χ2v) is 6.03. The maximum Gasteiger partial charge on any atom is 0.325 e. The van der Waals surface area contributed by atoms with Crippen LogP contribution < -0.4 is 5.32 Å². The summed E-state index contributed by atoms with van der Waals surface area (Å²) in [6, 6.07) is 7.35. The van der Waals surface area contributed by atoms with Gasteiger partial charge in [-0.2, -0.15) is 0 Å². The molecule has 1 atom stereocenters. The summed E-state index contributed by atoms with van der Waals surface area (Å²) in [4.78, 5) is 25.3. The first-order valence-electron chi connectivity index (χ1n) is 7.18. The fraction of sp³-hybridized carbons (Fsp3) is 0.500. The topological polar surface area (TPSA) is 69.6 Å². The van der Waals surface area contributed by atoms with Crippen molar-refractivity contribution in [3.8, 4) is 0 Å². The molecule has 0 radical (unpaired) electrons. The summed E-state index contributed by atoms with van der Waals surface area (Å²) in [6.07, 6.45) is 0.904. The lowest BCUT2D eigenvalue weighted by atomic mass is 9.93. The normalized spacial score (nSPS) is 16.9. The van der Waals surface area contributed by atoms with Crippen LogP contribution in [0.3, 0.4) is 0 Å². The van der Waals surface area contributed by atoms with Crippen molar-refractivity contribution >= 4 is 11.9 Å². The van der Waals surface area contributed by atoms with E-state index in [4.69, 9.17) is 5.11 Å². The molecule has 0 aliphatic carbocycles. The molecule has 21 heavy (non-hydrogen) atoms. The molecule has 1 unspecified atom stereocenters. The minimum atomic E-state index is -1.02. The number of carboxylic acid groups (broad SMARTS) is 1. The molecule has 5 heteroatoms. The molecule has 0 bridgehead atoms. The molecule has 1 aromatic carbocycles. The van der Waals surface area contributed by atoms with Gasteiger partial charge in [-0.15, -0.1) is 0 Å². The van der Waals surface area contributed by atoms with Gasteiger partial charge < -0.3 is 10.4 Å². The Bertz CT molecular complexity index is 554.